The maximum atomic E-state index is 12.4. The van der Waals surface area contributed by atoms with Gasteiger partial charge in [-0.1, -0.05) is 30.3 Å². The van der Waals surface area contributed by atoms with E-state index in [9.17, 15) is 14.4 Å². The number of imide groups is 1. The van der Waals surface area contributed by atoms with Gasteiger partial charge in [0.15, 0.2) is 0 Å². The molecule has 5 rings (SSSR count). The molecule has 1 atom stereocenters. The molecule has 0 saturated carbocycles. The van der Waals surface area contributed by atoms with Gasteiger partial charge in [0.1, 0.15) is 0 Å². The highest BCUT2D eigenvalue weighted by Crippen LogP contribution is 2.30. The number of benzene rings is 2. The summed E-state index contributed by atoms with van der Waals surface area (Å²) < 4.78 is 0. The molecule has 2 aromatic carbocycles. The molecule has 0 radical (unpaired) electrons. The topological polar surface area (TPSA) is 82.3 Å². The number of hydrogen-bond donors (Lipinski definition) is 2. The van der Waals surface area contributed by atoms with E-state index >= 15 is 0 Å². The summed E-state index contributed by atoms with van der Waals surface area (Å²) in [7, 11) is 0. The van der Waals surface area contributed by atoms with Crippen LogP contribution in [0.4, 0.5) is 0 Å². The van der Waals surface area contributed by atoms with Crippen LogP contribution >= 0.6 is 0 Å². The number of carbonyl (C=O) groups is 3. The highest BCUT2D eigenvalue weighted by atomic mass is 16.2. The van der Waals surface area contributed by atoms with Crippen molar-refractivity contribution in [1.82, 2.24) is 15.2 Å². The number of nitrogens with zero attached hydrogens (tertiary/aromatic N) is 1. The number of nitrogens with one attached hydrogen (secondary N) is 2. The highest BCUT2D eigenvalue weighted by Gasteiger charge is 2.35. The summed E-state index contributed by atoms with van der Waals surface area (Å²) >= 11 is 0. The summed E-state index contributed by atoms with van der Waals surface area (Å²) in [6.07, 6.45) is 1.66. The smallest absolute Gasteiger partial charge is 0.261 e. The third kappa shape index (κ3) is 2.60. The van der Waals surface area contributed by atoms with Gasteiger partial charge in [-0.3, -0.25) is 19.3 Å². The Balaban J connectivity index is 1.20. The lowest BCUT2D eigenvalue weighted by atomic mass is 10.1. The third-order valence-corrected chi connectivity index (χ3v) is 5.61. The first kappa shape index (κ1) is 16.7. The van der Waals surface area contributed by atoms with Crippen molar-refractivity contribution in [2.45, 2.75) is 25.3 Å². The van der Waals surface area contributed by atoms with Crippen molar-refractivity contribution in [3.05, 3.63) is 70.9 Å². The minimum Gasteiger partial charge on any atom is -0.358 e. The van der Waals surface area contributed by atoms with Crippen LogP contribution in [0.15, 0.2) is 48.5 Å². The van der Waals surface area contributed by atoms with Crippen molar-refractivity contribution < 1.29 is 14.4 Å². The van der Waals surface area contributed by atoms with Gasteiger partial charge >= 0.3 is 0 Å². The number of H-pyrrole nitrogens is 1. The molecule has 0 spiro atoms. The van der Waals surface area contributed by atoms with Crippen LogP contribution in [0.2, 0.25) is 0 Å². The van der Waals surface area contributed by atoms with Gasteiger partial charge in [-0.15, -0.1) is 0 Å². The Morgan fingerprint density at radius 1 is 1.00 bits per heavy atom. The predicted molar refractivity (Wildman–Crippen MR) is 104 cm³/mol. The van der Waals surface area contributed by atoms with Crippen molar-refractivity contribution in [2.24, 2.45) is 0 Å². The maximum Gasteiger partial charge on any atom is 0.261 e. The monoisotopic (exact) mass is 373 g/mol. The molecule has 6 nitrogen and oxygen atoms in total. The van der Waals surface area contributed by atoms with Crippen molar-refractivity contribution in [2.75, 3.05) is 6.54 Å². The molecule has 140 valence electrons. The molecule has 28 heavy (non-hydrogen) atoms. The van der Waals surface area contributed by atoms with Crippen LogP contribution in [0.1, 0.15) is 38.4 Å². The van der Waals surface area contributed by atoms with E-state index in [1.807, 2.05) is 12.1 Å². The number of amides is 3. The van der Waals surface area contributed by atoms with E-state index in [4.69, 9.17) is 0 Å². The molecule has 2 aliphatic rings. The van der Waals surface area contributed by atoms with Gasteiger partial charge in [0.25, 0.3) is 11.8 Å². The normalized spacial score (nSPS) is 17.9. The summed E-state index contributed by atoms with van der Waals surface area (Å²) in [6.45, 7) is 0.0964. The molecule has 1 aliphatic carbocycles. The molecule has 3 aromatic rings. The van der Waals surface area contributed by atoms with Crippen molar-refractivity contribution >= 4 is 28.6 Å². The zero-order valence-corrected chi connectivity index (χ0v) is 15.2. The molecule has 2 N–H and O–H groups in total. The molecule has 1 unspecified atom stereocenters. The summed E-state index contributed by atoms with van der Waals surface area (Å²) in [5.41, 5.74) is 4.39. The number of para-hydroxylation sites is 1. The van der Waals surface area contributed by atoms with E-state index < -0.39 is 0 Å². The Kier molecular flexibility index (Phi) is 3.79. The van der Waals surface area contributed by atoms with E-state index in [0.29, 0.717) is 11.1 Å². The second kappa shape index (κ2) is 6.34. The van der Waals surface area contributed by atoms with E-state index in [1.54, 1.807) is 24.3 Å². The van der Waals surface area contributed by atoms with Gasteiger partial charge in [-0.05, 0) is 30.2 Å². The fraction of sp³-hybridized carbons (Fsp3) is 0.227. The maximum absolute atomic E-state index is 12.4. The second-order valence-corrected chi connectivity index (χ2v) is 7.36. The first-order chi connectivity index (χ1) is 13.6. The fourth-order valence-corrected chi connectivity index (χ4v) is 4.29. The van der Waals surface area contributed by atoms with Crippen LogP contribution in [0, 0.1) is 0 Å². The van der Waals surface area contributed by atoms with Crippen LogP contribution in [0.3, 0.4) is 0 Å². The first-order valence-corrected chi connectivity index (χ1v) is 9.45. The largest absolute Gasteiger partial charge is 0.358 e. The minimum atomic E-state index is -0.323. The number of fused-ring (bicyclic) bond motifs is 4. The first-order valence-electron chi connectivity index (χ1n) is 9.45. The molecule has 2 heterocycles. The van der Waals surface area contributed by atoms with Crippen LogP contribution in [-0.4, -0.2) is 40.2 Å². The predicted octanol–water partition coefficient (Wildman–Crippen LogP) is 2.44. The molecular weight excluding hydrogens is 354 g/mol. The van der Waals surface area contributed by atoms with E-state index in [-0.39, 0.29) is 36.7 Å². The zero-order chi connectivity index (χ0) is 19.3. The Labute approximate surface area is 161 Å². The number of aromatic nitrogens is 1. The van der Waals surface area contributed by atoms with E-state index in [0.717, 1.165) is 23.3 Å². The lowest BCUT2D eigenvalue weighted by molar-refractivity contribution is -0.121. The Morgan fingerprint density at radius 2 is 1.68 bits per heavy atom. The van der Waals surface area contributed by atoms with Crippen LogP contribution in [0.25, 0.3) is 10.9 Å². The molecule has 0 fully saturated rings. The van der Waals surface area contributed by atoms with Crippen LogP contribution in [-0.2, 0) is 17.6 Å². The SMILES string of the molecule is O=C(CCN1C(=O)c2ccccc2C1=O)NC1Cc2[nH]c3ccccc3c2C1. The van der Waals surface area contributed by atoms with Gasteiger partial charge in [0.05, 0.1) is 11.1 Å². The molecule has 1 aromatic heterocycles. The van der Waals surface area contributed by atoms with E-state index in [2.05, 4.69) is 22.4 Å². The van der Waals surface area contributed by atoms with Gasteiger partial charge in [0.2, 0.25) is 5.91 Å². The minimum absolute atomic E-state index is 0.0422. The number of aromatic amines is 1. The van der Waals surface area contributed by atoms with Gasteiger partial charge in [0, 0.05) is 42.0 Å². The summed E-state index contributed by atoms with van der Waals surface area (Å²) in [5, 5.41) is 4.25. The fourth-order valence-electron chi connectivity index (χ4n) is 4.29. The summed E-state index contributed by atoms with van der Waals surface area (Å²) in [5.74, 6) is -0.789. The van der Waals surface area contributed by atoms with Gasteiger partial charge in [-0.2, -0.15) is 0 Å². The number of rotatable bonds is 4. The van der Waals surface area contributed by atoms with Crippen LogP contribution < -0.4 is 5.32 Å². The van der Waals surface area contributed by atoms with E-state index in [1.165, 1.54) is 16.6 Å². The standard InChI is InChI=1S/C22H19N3O3/c26-20(9-10-25-21(27)15-6-1-2-7-16(15)22(25)28)23-13-11-17-14-5-3-4-8-18(14)24-19(17)12-13/h1-8,13,24H,9-12H2,(H,23,26). The number of hydrogen-bond acceptors (Lipinski definition) is 3. The molecule has 0 bridgehead atoms. The lowest BCUT2D eigenvalue weighted by Gasteiger charge is -2.16. The lowest BCUT2D eigenvalue weighted by Crippen LogP contribution is -2.39. The molecule has 6 heteroatoms. The van der Waals surface area contributed by atoms with Crippen molar-refractivity contribution in [3.63, 3.8) is 0 Å². The Bertz CT molecular complexity index is 1100. The highest BCUT2D eigenvalue weighted by molar-refractivity contribution is 6.21. The van der Waals surface area contributed by atoms with Crippen LogP contribution in [0.5, 0.6) is 0 Å². The second-order valence-electron chi connectivity index (χ2n) is 7.36. The third-order valence-electron chi connectivity index (χ3n) is 5.61. The van der Waals surface area contributed by atoms with Gasteiger partial charge < -0.3 is 10.3 Å². The van der Waals surface area contributed by atoms with Crippen molar-refractivity contribution in [1.29, 1.82) is 0 Å². The van der Waals surface area contributed by atoms with Gasteiger partial charge in [-0.25, -0.2) is 0 Å². The number of carbonyl (C=O) groups excluding carboxylic acids is 3. The molecule has 0 saturated heterocycles. The van der Waals surface area contributed by atoms with Crippen molar-refractivity contribution in [3.8, 4) is 0 Å². The average molecular weight is 373 g/mol. The summed E-state index contributed by atoms with van der Waals surface area (Å²) in [4.78, 5) is 41.7. The summed E-state index contributed by atoms with van der Waals surface area (Å²) in [6, 6.07) is 15.0. The Hall–Kier alpha value is -3.41. The average Bonchev–Trinajstić information content (AvgIpc) is 3.31. The Morgan fingerprint density at radius 3 is 2.43 bits per heavy atom. The molecular formula is C22H19N3O3. The molecule has 1 aliphatic heterocycles. The quantitative estimate of drug-likeness (QED) is 0.689. The zero-order valence-electron chi connectivity index (χ0n) is 15.2. The molecule has 3 amide bonds.